The quantitative estimate of drug-likeness (QED) is 0.597. The zero-order valence-corrected chi connectivity index (χ0v) is 14.2. The molecule has 4 aromatic rings. The number of carbonyl (C=O) groups is 1. The molecule has 1 amide bonds. The summed E-state index contributed by atoms with van der Waals surface area (Å²) in [6.07, 6.45) is 6.49. The number of anilines is 1. The molecular formula is C18H13ClFN5O. The average Bonchev–Trinajstić information content (AvgIpc) is 3.21. The van der Waals surface area contributed by atoms with Crippen molar-refractivity contribution in [3.05, 3.63) is 83.3 Å². The molecule has 3 heterocycles. The Morgan fingerprint density at radius 3 is 2.92 bits per heavy atom. The van der Waals surface area contributed by atoms with E-state index >= 15 is 0 Å². The average molecular weight is 370 g/mol. The first-order valence-corrected chi connectivity index (χ1v) is 8.17. The number of nitrogens with zero attached hydrogens (tertiary/aromatic N) is 4. The number of fused-ring (bicyclic) bond motifs is 1. The third-order valence-corrected chi connectivity index (χ3v) is 4.00. The van der Waals surface area contributed by atoms with Gasteiger partial charge in [0.15, 0.2) is 0 Å². The van der Waals surface area contributed by atoms with E-state index in [1.54, 1.807) is 45.9 Å². The van der Waals surface area contributed by atoms with Gasteiger partial charge >= 0.3 is 0 Å². The SMILES string of the molecule is O=C(Nc1cnn(Cc2cccc(F)c2)c1)c1cn2cc(Cl)ccc2n1. The Kier molecular flexibility index (Phi) is 4.14. The molecule has 0 saturated heterocycles. The fraction of sp³-hybridized carbons (Fsp3) is 0.0556. The Labute approximate surface area is 152 Å². The van der Waals surface area contributed by atoms with Crippen LogP contribution in [0, 0.1) is 5.82 Å². The molecule has 0 saturated carbocycles. The molecule has 3 aromatic heterocycles. The van der Waals surface area contributed by atoms with Crippen molar-refractivity contribution in [3.8, 4) is 0 Å². The first-order chi connectivity index (χ1) is 12.6. The van der Waals surface area contributed by atoms with Crippen LogP contribution in [-0.2, 0) is 6.54 Å². The van der Waals surface area contributed by atoms with Gasteiger partial charge in [-0.3, -0.25) is 9.48 Å². The van der Waals surface area contributed by atoms with Gasteiger partial charge in [-0.25, -0.2) is 9.37 Å². The summed E-state index contributed by atoms with van der Waals surface area (Å²) < 4.78 is 16.5. The number of nitrogens with one attached hydrogen (secondary N) is 1. The second kappa shape index (κ2) is 6.61. The van der Waals surface area contributed by atoms with Crippen LogP contribution in [0.1, 0.15) is 16.1 Å². The van der Waals surface area contributed by atoms with Crippen LogP contribution in [0.15, 0.2) is 61.2 Å². The number of aromatic nitrogens is 4. The van der Waals surface area contributed by atoms with E-state index in [-0.39, 0.29) is 17.4 Å². The van der Waals surface area contributed by atoms with Crippen LogP contribution in [0.2, 0.25) is 5.02 Å². The number of halogens is 2. The Morgan fingerprint density at radius 2 is 2.08 bits per heavy atom. The van der Waals surface area contributed by atoms with Gasteiger partial charge in [0.25, 0.3) is 5.91 Å². The monoisotopic (exact) mass is 369 g/mol. The minimum absolute atomic E-state index is 0.269. The molecule has 0 aliphatic carbocycles. The second-order valence-electron chi connectivity index (χ2n) is 5.75. The van der Waals surface area contributed by atoms with E-state index in [4.69, 9.17) is 11.6 Å². The highest BCUT2D eigenvalue weighted by atomic mass is 35.5. The maximum atomic E-state index is 13.2. The first-order valence-electron chi connectivity index (χ1n) is 7.79. The minimum Gasteiger partial charge on any atom is -0.318 e. The van der Waals surface area contributed by atoms with Crippen molar-refractivity contribution in [2.75, 3.05) is 5.32 Å². The van der Waals surface area contributed by atoms with E-state index < -0.39 is 0 Å². The Bertz CT molecular complexity index is 1100. The summed E-state index contributed by atoms with van der Waals surface area (Å²) in [4.78, 5) is 16.6. The summed E-state index contributed by atoms with van der Waals surface area (Å²) in [7, 11) is 0. The van der Waals surface area contributed by atoms with Crippen LogP contribution in [0.4, 0.5) is 10.1 Å². The maximum Gasteiger partial charge on any atom is 0.275 e. The molecule has 0 atom stereocenters. The number of benzene rings is 1. The molecule has 0 bridgehead atoms. The van der Waals surface area contributed by atoms with Crippen molar-refractivity contribution in [2.24, 2.45) is 0 Å². The number of hydrogen-bond donors (Lipinski definition) is 1. The largest absolute Gasteiger partial charge is 0.318 e. The smallest absolute Gasteiger partial charge is 0.275 e. The number of rotatable bonds is 4. The van der Waals surface area contributed by atoms with Gasteiger partial charge in [-0.05, 0) is 29.8 Å². The van der Waals surface area contributed by atoms with Gasteiger partial charge in [-0.15, -0.1) is 0 Å². The molecule has 0 spiro atoms. The summed E-state index contributed by atoms with van der Waals surface area (Å²) in [6, 6.07) is 9.73. The molecule has 1 aromatic carbocycles. The van der Waals surface area contributed by atoms with Crippen molar-refractivity contribution in [1.29, 1.82) is 0 Å². The number of pyridine rings is 1. The highest BCUT2D eigenvalue weighted by Crippen LogP contribution is 2.14. The van der Waals surface area contributed by atoms with Gasteiger partial charge in [-0.2, -0.15) is 5.10 Å². The maximum absolute atomic E-state index is 13.2. The Morgan fingerprint density at radius 1 is 1.19 bits per heavy atom. The van der Waals surface area contributed by atoms with Crippen LogP contribution < -0.4 is 5.32 Å². The molecule has 0 aliphatic heterocycles. The lowest BCUT2D eigenvalue weighted by Gasteiger charge is -2.02. The van der Waals surface area contributed by atoms with Crippen molar-refractivity contribution < 1.29 is 9.18 Å². The molecule has 0 aliphatic rings. The highest BCUT2D eigenvalue weighted by molar-refractivity contribution is 6.30. The molecule has 1 N–H and O–H groups in total. The fourth-order valence-electron chi connectivity index (χ4n) is 2.61. The zero-order valence-electron chi connectivity index (χ0n) is 13.4. The van der Waals surface area contributed by atoms with Gasteiger partial charge in [-0.1, -0.05) is 23.7 Å². The van der Waals surface area contributed by atoms with Crippen LogP contribution in [0.5, 0.6) is 0 Å². The minimum atomic E-state index is -0.352. The molecule has 0 unspecified atom stereocenters. The van der Waals surface area contributed by atoms with Gasteiger partial charge in [0.2, 0.25) is 0 Å². The lowest BCUT2D eigenvalue weighted by atomic mass is 10.2. The van der Waals surface area contributed by atoms with Crippen molar-refractivity contribution in [1.82, 2.24) is 19.2 Å². The molecular weight excluding hydrogens is 357 g/mol. The van der Waals surface area contributed by atoms with E-state index in [1.807, 2.05) is 6.07 Å². The Hall–Kier alpha value is -3.19. The second-order valence-corrected chi connectivity index (χ2v) is 6.19. The number of amides is 1. The fourth-order valence-corrected chi connectivity index (χ4v) is 2.77. The van der Waals surface area contributed by atoms with Crippen LogP contribution >= 0.6 is 11.6 Å². The summed E-state index contributed by atoms with van der Waals surface area (Å²) in [5, 5.41) is 7.48. The molecule has 6 nitrogen and oxygen atoms in total. The number of carbonyl (C=O) groups excluding carboxylic acids is 1. The number of hydrogen-bond acceptors (Lipinski definition) is 3. The lowest BCUT2D eigenvalue weighted by molar-refractivity contribution is 0.102. The third-order valence-electron chi connectivity index (χ3n) is 3.77. The molecule has 0 radical (unpaired) electrons. The first kappa shape index (κ1) is 16.3. The van der Waals surface area contributed by atoms with Gasteiger partial charge in [0, 0.05) is 18.6 Å². The molecule has 0 fully saturated rings. The normalized spacial score (nSPS) is 11.0. The lowest BCUT2D eigenvalue weighted by Crippen LogP contribution is -2.11. The van der Waals surface area contributed by atoms with E-state index in [2.05, 4.69) is 15.4 Å². The molecule has 26 heavy (non-hydrogen) atoms. The van der Waals surface area contributed by atoms with Crippen LogP contribution in [0.25, 0.3) is 5.65 Å². The highest BCUT2D eigenvalue weighted by Gasteiger charge is 2.12. The van der Waals surface area contributed by atoms with Gasteiger partial charge < -0.3 is 9.72 Å². The van der Waals surface area contributed by atoms with Crippen molar-refractivity contribution in [3.63, 3.8) is 0 Å². The van der Waals surface area contributed by atoms with Gasteiger partial charge in [0.05, 0.1) is 23.5 Å². The van der Waals surface area contributed by atoms with E-state index in [0.717, 1.165) is 5.56 Å². The van der Waals surface area contributed by atoms with Crippen molar-refractivity contribution in [2.45, 2.75) is 6.54 Å². The molecule has 8 heteroatoms. The molecule has 4 rings (SSSR count). The van der Waals surface area contributed by atoms with Crippen LogP contribution in [0.3, 0.4) is 0 Å². The van der Waals surface area contributed by atoms with Crippen molar-refractivity contribution >= 4 is 28.8 Å². The summed E-state index contributed by atoms with van der Waals surface area (Å²) >= 11 is 5.93. The van der Waals surface area contributed by atoms with E-state index in [9.17, 15) is 9.18 Å². The molecule has 130 valence electrons. The van der Waals surface area contributed by atoms with Gasteiger partial charge in [0.1, 0.15) is 17.2 Å². The summed E-state index contributed by atoms with van der Waals surface area (Å²) in [6.45, 7) is 0.403. The summed E-state index contributed by atoms with van der Waals surface area (Å²) in [5.41, 5.74) is 2.20. The number of imidazole rings is 1. The van der Waals surface area contributed by atoms with Crippen LogP contribution in [-0.4, -0.2) is 25.1 Å². The van der Waals surface area contributed by atoms with E-state index in [1.165, 1.54) is 18.3 Å². The third kappa shape index (κ3) is 3.43. The zero-order chi connectivity index (χ0) is 18.1. The predicted octanol–water partition coefficient (Wildman–Crippen LogP) is 3.62. The predicted molar refractivity (Wildman–Crippen MR) is 95.9 cm³/mol. The topological polar surface area (TPSA) is 64.2 Å². The Balaban J connectivity index is 1.48. The summed E-state index contributed by atoms with van der Waals surface area (Å²) in [5.74, 6) is -0.648. The van der Waals surface area contributed by atoms with E-state index in [0.29, 0.717) is 22.9 Å². The standard InChI is InChI=1S/C18H13ClFN5O/c19-13-4-5-17-23-16(11-24(17)9-13)18(26)22-15-7-21-25(10-15)8-12-2-1-3-14(20)6-12/h1-7,9-11H,8H2,(H,22,26).